The maximum absolute atomic E-state index is 11.5. The molecule has 0 aliphatic carbocycles. The molecule has 4 rings (SSSR count). The van der Waals surface area contributed by atoms with Crippen molar-refractivity contribution in [2.75, 3.05) is 29.1 Å². The molecule has 1 amide bonds. The molecule has 0 bridgehead atoms. The van der Waals surface area contributed by atoms with Gasteiger partial charge in [-0.25, -0.2) is 9.97 Å². The minimum atomic E-state index is -0.483. The number of aliphatic hydroxyl groups excluding tert-OH is 1. The highest BCUT2D eigenvalue weighted by atomic mass is 35.5. The minimum absolute atomic E-state index is 0.0391. The predicted octanol–water partition coefficient (Wildman–Crippen LogP) is 4.35. The van der Waals surface area contributed by atoms with Gasteiger partial charge in [-0.1, -0.05) is 18.5 Å². The first kappa shape index (κ1) is 22.5. The fourth-order valence-electron chi connectivity index (χ4n) is 3.89. The van der Waals surface area contributed by atoms with Crippen molar-refractivity contribution in [3.63, 3.8) is 0 Å². The fourth-order valence-corrected chi connectivity index (χ4v) is 4.11. The Kier molecular flexibility index (Phi) is 5.93. The van der Waals surface area contributed by atoms with E-state index < -0.39 is 5.41 Å². The van der Waals surface area contributed by atoms with Gasteiger partial charge >= 0.3 is 0 Å². The van der Waals surface area contributed by atoms with Gasteiger partial charge in [-0.3, -0.25) is 4.79 Å². The highest BCUT2D eigenvalue weighted by molar-refractivity contribution is 6.31. The van der Waals surface area contributed by atoms with Crippen LogP contribution < -0.4 is 16.0 Å². The van der Waals surface area contributed by atoms with Crippen molar-refractivity contribution in [3.05, 3.63) is 58.2 Å². The number of hydrogen-bond donors (Lipinski definition) is 4. The number of amides is 1. The van der Waals surface area contributed by atoms with Gasteiger partial charge in [0.1, 0.15) is 6.07 Å². The van der Waals surface area contributed by atoms with Gasteiger partial charge in [0, 0.05) is 47.0 Å². The van der Waals surface area contributed by atoms with Crippen LogP contribution in [0.3, 0.4) is 0 Å². The summed E-state index contributed by atoms with van der Waals surface area (Å²) < 4.78 is 0. The zero-order chi connectivity index (χ0) is 23.8. The summed E-state index contributed by atoms with van der Waals surface area (Å²) >= 11 is 6.24. The number of aliphatic hydroxyl groups is 1. The average molecular weight is 463 g/mol. The lowest BCUT2D eigenvalue weighted by Crippen LogP contribution is -2.28. The van der Waals surface area contributed by atoms with Crippen molar-refractivity contribution in [1.82, 2.24) is 9.97 Å². The second-order valence-corrected chi connectivity index (χ2v) is 8.76. The molecule has 4 N–H and O–H groups in total. The van der Waals surface area contributed by atoms with Crippen LogP contribution >= 0.6 is 11.6 Å². The number of fused-ring (bicyclic) bond motifs is 1. The molecule has 8 nitrogen and oxygen atoms in total. The van der Waals surface area contributed by atoms with E-state index >= 15 is 0 Å². The maximum atomic E-state index is 11.5. The van der Waals surface area contributed by atoms with Gasteiger partial charge in [-0.15, -0.1) is 0 Å². The Balaban J connectivity index is 1.72. The number of benzene rings is 2. The third-order valence-electron chi connectivity index (χ3n) is 5.79. The van der Waals surface area contributed by atoms with E-state index in [2.05, 4.69) is 32.0 Å². The van der Waals surface area contributed by atoms with E-state index in [0.29, 0.717) is 40.1 Å². The van der Waals surface area contributed by atoms with Crippen molar-refractivity contribution >= 4 is 40.5 Å². The molecule has 1 aliphatic heterocycles. The zero-order valence-corrected chi connectivity index (χ0v) is 19.2. The number of anilines is 4. The number of nitrogens with one attached hydrogen (secondary N) is 3. The molecule has 0 radical (unpaired) electrons. The van der Waals surface area contributed by atoms with Crippen LogP contribution in [0.25, 0.3) is 11.3 Å². The van der Waals surface area contributed by atoms with Crippen LogP contribution in [-0.2, 0) is 10.2 Å². The quantitative estimate of drug-likeness (QED) is 0.444. The second kappa shape index (κ2) is 8.70. The summed E-state index contributed by atoms with van der Waals surface area (Å²) in [6, 6.07) is 11.2. The molecule has 1 atom stereocenters. The van der Waals surface area contributed by atoms with Crippen molar-refractivity contribution in [2.24, 2.45) is 0 Å². The number of aromatic nitrogens is 2. The SMILES string of the molecule is CC(=O)Nc1cc(Cl)cc(Nc2nccc(-c3cc(C#N)c4c(c3)[C@@](C)(CO)CN4)n2)c1C. The molecular formula is C24H23ClN6O2. The summed E-state index contributed by atoms with van der Waals surface area (Å²) in [6.45, 7) is 5.76. The summed E-state index contributed by atoms with van der Waals surface area (Å²) in [5, 5.41) is 29.2. The third-order valence-corrected chi connectivity index (χ3v) is 6.01. The summed E-state index contributed by atoms with van der Waals surface area (Å²) in [6.07, 6.45) is 1.63. The molecule has 0 saturated carbocycles. The molecule has 33 heavy (non-hydrogen) atoms. The highest BCUT2D eigenvalue weighted by Crippen LogP contribution is 2.41. The van der Waals surface area contributed by atoms with Crippen LogP contribution in [0.4, 0.5) is 23.0 Å². The van der Waals surface area contributed by atoms with E-state index in [0.717, 1.165) is 22.4 Å². The zero-order valence-electron chi connectivity index (χ0n) is 18.5. The Labute approximate surface area is 196 Å². The number of nitriles is 1. The monoisotopic (exact) mass is 462 g/mol. The molecule has 2 aromatic carbocycles. The predicted molar refractivity (Wildman–Crippen MR) is 129 cm³/mol. The first-order valence-electron chi connectivity index (χ1n) is 10.4. The van der Waals surface area contributed by atoms with E-state index in [-0.39, 0.29) is 12.5 Å². The maximum Gasteiger partial charge on any atom is 0.227 e. The minimum Gasteiger partial charge on any atom is -0.395 e. The molecule has 168 valence electrons. The number of rotatable bonds is 5. The molecular weight excluding hydrogens is 440 g/mol. The van der Waals surface area contributed by atoms with Gasteiger partial charge in [0.15, 0.2) is 0 Å². The number of carbonyl (C=O) groups excluding carboxylic acids is 1. The standard InChI is InChI=1S/C24H23ClN6O2/c1-13-20(29-14(2)33)8-17(25)9-21(13)31-23-27-5-4-19(30-23)15-6-16(10-26)22-18(7-15)24(3,12-32)11-28-22/h4-9,28,32H,11-12H2,1-3H3,(H,29,33)(H,27,30,31)/t24-/m1/s1. The van der Waals surface area contributed by atoms with Crippen LogP contribution in [-0.4, -0.2) is 34.1 Å². The van der Waals surface area contributed by atoms with Crippen molar-refractivity contribution in [2.45, 2.75) is 26.2 Å². The highest BCUT2D eigenvalue weighted by Gasteiger charge is 2.36. The summed E-state index contributed by atoms with van der Waals surface area (Å²) in [5.74, 6) is 0.146. The smallest absolute Gasteiger partial charge is 0.227 e. The molecule has 0 saturated heterocycles. The van der Waals surface area contributed by atoms with Crippen molar-refractivity contribution in [1.29, 1.82) is 5.26 Å². The topological polar surface area (TPSA) is 123 Å². The first-order chi connectivity index (χ1) is 15.7. The molecule has 0 unspecified atom stereocenters. The van der Waals surface area contributed by atoms with Gasteiger partial charge in [-0.2, -0.15) is 5.26 Å². The Morgan fingerprint density at radius 1 is 1.33 bits per heavy atom. The van der Waals surface area contributed by atoms with Gasteiger partial charge in [-0.05, 0) is 48.4 Å². The normalized spacial score (nSPS) is 16.5. The van der Waals surface area contributed by atoms with Crippen LogP contribution in [0.2, 0.25) is 5.02 Å². The third kappa shape index (κ3) is 4.33. The number of carbonyl (C=O) groups is 1. The van der Waals surface area contributed by atoms with E-state index in [1.807, 2.05) is 19.9 Å². The Bertz CT molecular complexity index is 1300. The molecule has 1 aromatic heterocycles. The van der Waals surface area contributed by atoms with Crippen LogP contribution in [0.5, 0.6) is 0 Å². The molecule has 9 heteroatoms. The van der Waals surface area contributed by atoms with Crippen LogP contribution in [0.1, 0.15) is 30.5 Å². The fraction of sp³-hybridized carbons (Fsp3) is 0.250. The Morgan fingerprint density at radius 3 is 2.79 bits per heavy atom. The van der Waals surface area contributed by atoms with E-state index in [1.54, 1.807) is 30.5 Å². The lowest BCUT2D eigenvalue weighted by atomic mass is 9.83. The molecule has 2 heterocycles. The molecule has 3 aromatic rings. The average Bonchev–Trinajstić information content (AvgIpc) is 3.13. The first-order valence-corrected chi connectivity index (χ1v) is 10.7. The summed E-state index contributed by atoms with van der Waals surface area (Å²) in [7, 11) is 0. The van der Waals surface area contributed by atoms with Gasteiger partial charge in [0.25, 0.3) is 0 Å². The van der Waals surface area contributed by atoms with Crippen molar-refractivity contribution in [3.8, 4) is 17.3 Å². The number of hydrogen-bond acceptors (Lipinski definition) is 7. The summed E-state index contributed by atoms with van der Waals surface area (Å²) in [5.41, 5.74) is 5.08. The van der Waals surface area contributed by atoms with E-state index in [4.69, 9.17) is 11.6 Å². The Morgan fingerprint density at radius 2 is 2.09 bits per heavy atom. The van der Waals surface area contributed by atoms with E-state index in [9.17, 15) is 15.2 Å². The van der Waals surface area contributed by atoms with Gasteiger partial charge < -0.3 is 21.1 Å². The lowest BCUT2D eigenvalue weighted by Gasteiger charge is -2.21. The van der Waals surface area contributed by atoms with Gasteiger partial charge in [0.2, 0.25) is 11.9 Å². The number of nitrogens with zero attached hydrogens (tertiary/aromatic N) is 3. The van der Waals surface area contributed by atoms with Gasteiger partial charge in [0.05, 0.1) is 23.6 Å². The Hall–Kier alpha value is -3.67. The van der Waals surface area contributed by atoms with Crippen molar-refractivity contribution < 1.29 is 9.90 Å². The van der Waals surface area contributed by atoms with Crippen LogP contribution in [0, 0.1) is 18.3 Å². The molecule has 0 fully saturated rings. The van der Waals surface area contributed by atoms with E-state index in [1.165, 1.54) is 6.92 Å². The number of halogens is 1. The molecule has 1 aliphatic rings. The molecule has 0 spiro atoms. The van der Waals surface area contributed by atoms with Crippen LogP contribution in [0.15, 0.2) is 36.5 Å². The summed E-state index contributed by atoms with van der Waals surface area (Å²) in [4.78, 5) is 20.4. The lowest BCUT2D eigenvalue weighted by molar-refractivity contribution is -0.114. The largest absolute Gasteiger partial charge is 0.395 e. The second-order valence-electron chi connectivity index (χ2n) is 8.33.